The maximum Gasteiger partial charge on any atom is 0.446 e. The highest BCUT2D eigenvalue weighted by molar-refractivity contribution is 7.15. The monoisotopic (exact) mass is 258 g/mol. The first-order valence-corrected chi connectivity index (χ1v) is 5.54. The largest absolute Gasteiger partial charge is 0.457 e. The number of thiophene rings is 1. The van der Waals surface area contributed by atoms with E-state index in [1.165, 1.54) is 6.07 Å². The Kier molecular flexibility index (Phi) is 4.37. The van der Waals surface area contributed by atoms with Crippen molar-refractivity contribution >= 4 is 40.4 Å². The van der Waals surface area contributed by atoms with Crippen LogP contribution in [0.15, 0.2) is 11.4 Å². The van der Waals surface area contributed by atoms with Gasteiger partial charge in [0.1, 0.15) is 4.34 Å². The molecule has 0 unspecified atom stereocenters. The van der Waals surface area contributed by atoms with E-state index in [4.69, 9.17) is 17.1 Å². The number of nitrogens with zero attached hydrogens (tertiary/aromatic N) is 2. The molecule has 0 saturated carbocycles. The predicted molar refractivity (Wildman–Crippen MR) is 58.9 cm³/mol. The topological polar surface area (TPSA) is 79.8 Å². The van der Waals surface area contributed by atoms with Crippen LogP contribution in [0.5, 0.6) is 0 Å². The summed E-state index contributed by atoms with van der Waals surface area (Å²) in [5, 5.41) is 1.59. The lowest BCUT2D eigenvalue weighted by atomic mass is 10.1. The summed E-state index contributed by atoms with van der Waals surface area (Å²) in [5.41, 5.74) is 8.05. The van der Waals surface area contributed by atoms with E-state index in [1.807, 2.05) is 0 Å². The molecule has 0 aliphatic rings. The molecule has 0 aliphatic heterocycles. The van der Waals surface area contributed by atoms with E-state index >= 15 is 0 Å². The molecule has 0 N–H and O–H groups in total. The first-order chi connectivity index (χ1) is 7.61. The van der Waals surface area contributed by atoms with Crippen LogP contribution < -0.4 is 0 Å². The molecule has 0 fully saturated rings. The molecule has 0 atom stereocenters. The summed E-state index contributed by atoms with van der Waals surface area (Å²) in [6.07, 6.45) is 0. The highest BCUT2D eigenvalue weighted by Crippen LogP contribution is 2.23. The van der Waals surface area contributed by atoms with Gasteiger partial charge in [0.15, 0.2) is 0 Å². The molecule has 1 heterocycles. The lowest BCUT2D eigenvalue weighted by Crippen LogP contribution is -2.27. The van der Waals surface area contributed by atoms with Gasteiger partial charge in [-0.1, -0.05) is 11.6 Å². The van der Waals surface area contributed by atoms with Crippen LogP contribution >= 0.6 is 22.9 Å². The van der Waals surface area contributed by atoms with Crippen LogP contribution in [0.2, 0.25) is 4.34 Å². The van der Waals surface area contributed by atoms with Crippen molar-refractivity contribution < 1.29 is 19.1 Å². The van der Waals surface area contributed by atoms with Crippen molar-refractivity contribution in [3.8, 4) is 0 Å². The van der Waals surface area contributed by atoms with Gasteiger partial charge in [-0.15, -0.1) is 11.3 Å². The van der Waals surface area contributed by atoms with Crippen molar-refractivity contribution in [1.82, 2.24) is 0 Å². The van der Waals surface area contributed by atoms with Crippen molar-refractivity contribution in [2.24, 2.45) is 0 Å². The zero-order valence-corrected chi connectivity index (χ0v) is 9.84. The summed E-state index contributed by atoms with van der Waals surface area (Å²) in [6.45, 7) is 1.66. The minimum absolute atomic E-state index is 0.0858. The second-order valence-electron chi connectivity index (χ2n) is 2.61. The van der Waals surface area contributed by atoms with E-state index in [1.54, 1.807) is 12.3 Å². The number of ether oxygens (including phenoxy) is 1. The van der Waals surface area contributed by atoms with E-state index in [2.05, 4.69) is 9.53 Å². The number of carbonyl (C=O) groups is 2. The quantitative estimate of drug-likeness (QED) is 0.206. The van der Waals surface area contributed by atoms with E-state index in [9.17, 15) is 9.59 Å². The number of Topliss-reactive ketones (excluding diaryl/α,β-unsaturated/α-hetero) is 1. The number of hydrogen-bond donors (Lipinski definition) is 0. The van der Waals surface area contributed by atoms with E-state index in [-0.39, 0.29) is 16.5 Å². The van der Waals surface area contributed by atoms with Crippen LogP contribution in [0.4, 0.5) is 0 Å². The normalized spacial score (nSPS) is 9.38. The lowest BCUT2D eigenvalue weighted by Gasteiger charge is -1.96. The molecule has 7 heteroatoms. The number of esters is 1. The Labute approximate surface area is 100 Å². The van der Waals surface area contributed by atoms with Crippen molar-refractivity contribution in [3.63, 3.8) is 0 Å². The molecule has 1 rings (SSSR count). The smallest absolute Gasteiger partial charge is 0.446 e. The van der Waals surface area contributed by atoms with Crippen LogP contribution in [0.3, 0.4) is 0 Å². The number of rotatable bonds is 4. The fraction of sp³-hybridized carbons (Fsp3) is 0.222. The molecule has 0 spiro atoms. The third kappa shape index (κ3) is 2.55. The Morgan fingerprint density at radius 3 is 2.75 bits per heavy atom. The van der Waals surface area contributed by atoms with Crippen LogP contribution in [-0.2, 0) is 9.53 Å². The summed E-state index contributed by atoms with van der Waals surface area (Å²) in [4.78, 5) is 25.6. The molecule has 0 radical (unpaired) electrons. The van der Waals surface area contributed by atoms with Crippen LogP contribution in [0.25, 0.3) is 5.53 Å². The second kappa shape index (κ2) is 5.55. The molecular weight excluding hydrogens is 252 g/mol. The van der Waals surface area contributed by atoms with Gasteiger partial charge >= 0.3 is 11.7 Å². The number of halogens is 1. The maximum atomic E-state index is 11.7. The minimum Gasteiger partial charge on any atom is -0.457 e. The van der Waals surface area contributed by atoms with Gasteiger partial charge in [-0.05, 0) is 18.4 Å². The summed E-state index contributed by atoms with van der Waals surface area (Å²) in [6, 6.07) is 1.44. The Morgan fingerprint density at radius 2 is 2.31 bits per heavy atom. The van der Waals surface area contributed by atoms with Gasteiger partial charge in [0.2, 0.25) is 0 Å². The maximum absolute atomic E-state index is 11.7. The molecule has 1 aromatic rings. The summed E-state index contributed by atoms with van der Waals surface area (Å²) < 4.78 is 4.80. The zero-order chi connectivity index (χ0) is 12.1. The molecule has 84 valence electrons. The number of hydrogen-bond acceptors (Lipinski definition) is 4. The third-order valence-corrected chi connectivity index (χ3v) is 2.82. The minimum atomic E-state index is -0.975. The third-order valence-electron chi connectivity index (χ3n) is 1.65. The SMILES string of the molecule is CCOC(=O)C(=[N+]=[N-])C(=O)c1ccsc1Cl. The van der Waals surface area contributed by atoms with Gasteiger partial charge in [0, 0.05) is 0 Å². The number of ketones is 1. The molecule has 0 aromatic carbocycles. The van der Waals surface area contributed by atoms with E-state index in [0.29, 0.717) is 0 Å². The second-order valence-corrected chi connectivity index (χ2v) is 4.12. The molecule has 5 nitrogen and oxygen atoms in total. The van der Waals surface area contributed by atoms with Crippen LogP contribution in [-0.4, -0.2) is 28.9 Å². The summed E-state index contributed by atoms with van der Waals surface area (Å²) in [5.74, 6) is -1.73. The fourth-order valence-corrected chi connectivity index (χ4v) is 1.88. The van der Waals surface area contributed by atoms with Gasteiger partial charge < -0.3 is 10.3 Å². The lowest BCUT2D eigenvalue weighted by molar-refractivity contribution is -0.139. The summed E-state index contributed by atoms with van der Waals surface area (Å²) in [7, 11) is 0. The molecular formula is C9H7ClN2O3S. The average Bonchev–Trinajstić information content (AvgIpc) is 2.65. The van der Waals surface area contributed by atoms with Crippen LogP contribution in [0, 0.1) is 0 Å². The van der Waals surface area contributed by atoms with Gasteiger partial charge in [-0.25, -0.2) is 4.79 Å². The Bertz CT molecular complexity index is 477. The van der Waals surface area contributed by atoms with E-state index < -0.39 is 17.5 Å². The van der Waals surface area contributed by atoms with Crippen molar-refractivity contribution in [1.29, 1.82) is 0 Å². The highest BCUT2D eigenvalue weighted by atomic mass is 35.5. The van der Waals surface area contributed by atoms with Crippen molar-refractivity contribution in [2.75, 3.05) is 6.61 Å². The van der Waals surface area contributed by atoms with Gasteiger partial charge in [-0.2, -0.15) is 4.79 Å². The molecule has 16 heavy (non-hydrogen) atoms. The van der Waals surface area contributed by atoms with Crippen LogP contribution in [0.1, 0.15) is 17.3 Å². The predicted octanol–water partition coefficient (Wildman–Crippen LogP) is 1.82. The average molecular weight is 259 g/mol. The fourth-order valence-electron chi connectivity index (χ4n) is 0.962. The van der Waals surface area contributed by atoms with E-state index in [0.717, 1.165) is 11.3 Å². The number of carbonyl (C=O) groups excluding carboxylic acids is 2. The Hall–Kier alpha value is -1.49. The van der Waals surface area contributed by atoms with Gasteiger partial charge in [-0.3, -0.25) is 4.79 Å². The first-order valence-electron chi connectivity index (χ1n) is 4.28. The molecule has 0 saturated heterocycles. The Morgan fingerprint density at radius 1 is 1.62 bits per heavy atom. The summed E-state index contributed by atoms with van der Waals surface area (Å²) >= 11 is 6.87. The van der Waals surface area contributed by atoms with Gasteiger partial charge in [0.25, 0.3) is 5.78 Å². The standard InChI is InChI=1S/C9H7ClN2O3S/c1-2-15-9(14)6(12-11)7(13)5-3-4-16-8(5)10/h3-4H,2H2,1H3. The zero-order valence-electron chi connectivity index (χ0n) is 8.27. The molecule has 0 amide bonds. The first kappa shape index (κ1) is 12.6. The van der Waals surface area contributed by atoms with Crippen molar-refractivity contribution in [3.05, 3.63) is 26.9 Å². The van der Waals surface area contributed by atoms with Gasteiger partial charge in [0.05, 0.1) is 12.2 Å². The highest BCUT2D eigenvalue weighted by Gasteiger charge is 2.33. The molecule has 0 bridgehead atoms. The molecule has 0 aliphatic carbocycles. The van der Waals surface area contributed by atoms with Crippen molar-refractivity contribution in [2.45, 2.75) is 6.92 Å². The molecule has 1 aromatic heterocycles. The Balaban J connectivity index is 3.01.